The minimum absolute atomic E-state index is 0.202. The van der Waals surface area contributed by atoms with Gasteiger partial charge in [0.05, 0.1) is 12.3 Å². The standard InChI is InChI=1S/C15H24N4O2/c1-4-21-15(20)19-10-7-12(8-11-19)17-13-6-5-9-16-14(13)18(2)3/h5-6,9,12,17H,4,7-8,10-11H2,1-3H3. The Morgan fingerprint density at radius 2 is 2.19 bits per heavy atom. The van der Waals surface area contributed by atoms with Gasteiger partial charge < -0.3 is 19.9 Å². The Morgan fingerprint density at radius 3 is 2.81 bits per heavy atom. The molecule has 0 spiro atoms. The first-order valence-corrected chi connectivity index (χ1v) is 7.42. The molecule has 2 rings (SSSR count). The summed E-state index contributed by atoms with van der Waals surface area (Å²) in [5.41, 5.74) is 1.04. The van der Waals surface area contributed by atoms with Gasteiger partial charge in [0.1, 0.15) is 0 Å². The summed E-state index contributed by atoms with van der Waals surface area (Å²) in [6.07, 6.45) is 3.43. The molecule has 1 amide bonds. The molecule has 1 aromatic rings. The van der Waals surface area contributed by atoms with Gasteiger partial charge in [0, 0.05) is 39.4 Å². The lowest BCUT2D eigenvalue weighted by atomic mass is 10.1. The third kappa shape index (κ3) is 4.00. The number of ether oxygens (including phenoxy) is 1. The van der Waals surface area contributed by atoms with Crippen LogP contribution in [0.15, 0.2) is 18.3 Å². The number of amides is 1. The van der Waals surface area contributed by atoms with Crippen molar-refractivity contribution in [3.8, 4) is 0 Å². The highest BCUT2D eigenvalue weighted by atomic mass is 16.6. The molecule has 1 fully saturated rings. The molecular formula is C15H24N4O2. The molecule has 0 unspecified atom stereocenters. The van der Waals surface area contributed by atoms with Crippen molar-refractivity contribution in [1.29, 1.82) is 0 Å². The van der Waals surface area contributed by atoms with E-state index in [1.165, 1.54) is 0 Å². The van der Waals surface area contributed by atoms with Crippen LogP contribution < -0.4 is 10.2 Å². The van der Waals surface area contributed by atoms with Crippen molar-refractivity contribution < 1.29 is 9.53 Å². The molecule has 0 atom stereocenters. The summed E-state index contributed by atoms with van der Waals surface area (Å²) >= 11 is 0. The van der Waals surface area contributed by atoms with Crippen molar-refractivity contribution in [2.24, 2.45) is 0 Å². The monoisotopic (exact) mass is 292 g/mol. The maximum Gasteiger partial charge on any atom is 0.409 e. The SMILES string of the molecule is CCOC(=O)N1CCC(Nc2cccnc2N(C)C)CC1. The topological polar surface area (TPSA) is 57.7 Å². The van der Waals surface area contributed by atoms with Crippen molar-refractivity contribution in [1.82, 2.24) is 9.88 Å². The van der Waals surface area contributed by atoms with E-state index < -0.39 is 0 Å². The Balaban J connectivity index is 1.91. The molecule has 6 nitrogen and oxygen atoms in total. The van der Waals surface area contributed by atoms with Gasteiger partial charge in [0.2, 0.25) is 0 Å². The van der Waals surface area contributed by atoms with Crippen LogP contribution in [0.2, 0.25) is 0 Å². The predicted molar refractivity (Wildman–Crippen MR) is 83.8 cm³/mol. The quantitative estimate of drug-likeness (QED) is 0.922. The van der Waals surface area contributed by atoms with Crippen LogP contribution in [0, 0.1) is 0 Å². The lowest BCUT2D eigenvalue weighted by Crippen LogP contribution is -2.42. The molecule has 1 aliphatic heterocycles. The number of nitrogens with one attached hydrogen (secondary N) is 1. The van der Waals surface area contributed by atoms with Gasteiger partial charge in [-0.25, -0.2) is 9.78 Å². The molecule has 0 aromatic carbocycles. The highest BCUT2D eigenvalue weighted by Gasteiger charge is 2.24. The van der Waals surface area contributed by atoms with Crippen LogP contribution in [0.4, 0.5) is 16.3 Å². The average Bonchev–Trinajstić information content (AvgIpc) is 2.48. The summed E-state index contributed by atoms with van der Waals surface area (Å²) in [7, 11) is 3.97. The van der Waals surface area contributed by atoms with Gasteiger partial charge in [-0.2, -0.15) is 0 Å². The molecule has 0 aliphatic carbocycles. The number of hydrogen-bond donors (Lipinski definition) is 1. The Morgan fingerprint density at radius 1 is 1.48 bits per heavy atom. The highest BCUT2D eigenvalue weighted by molar-refractivity contribution is 5.68. The number of carbonyl (C=O) groups is 1. The van der Waals surface area contributed by atoms with Gasteiger partial charge >= 0.3 is 6.09 Å². The van der Waals surface area contributed by atoms with Gasteiger partial charge in [-0.3, -0.25) is 0 Å². The van der Waals surface area contributed by atoms with E-state index in [1.807, 2.05) is 38.1 Å². The Kier molecular flexibility index (Phi) is 5.25. The van der Waals surface area contributed by atoms with Crippen LogP contribution in [0.1, 0.15) is 19.8 Å². The Hall–Kier alpha value is -1.98. The smallest absolute Gasteiger partial charge is 0.409 e. The number of hydrogen-bond acceptors (Lipinski definition) is 5. The number of carbonyl (C=O) groups excluding carboxylic acids is 1. The van der Waals surface area contributed by atoms with Crippen LogP contribution in [0.5, 0.6) is 0 Å². The van der Waals surface area contributed by atoms with Crippen LogP contribution in [-0.4, -0.2) is 55.8 Å². The Labute approximate surface area is 126 Å². The van der Waals surface area contributed by atoms with E-state index in [-0.39, 0.29) is 6.09 Å². The summed E-state index contributed by atoms with van der Waals surface area (Å²) in [6.45, 7) is 3.72. The van der Waals surface area contributed by atoms with Gasteiger partial charge in [-0.15, -0.1) is 0 Å². The lowest BCUT2D eigenvalue weighted by Gasteiger charge is -2.32. The number of aromatic nitrogens is 1. The molecule has 1 saturated heterocycles. The minimum atomic E-state index is -0.202. The van der Waals surface area contributed by atoms with Gasteiger partial charge in [0.25, 0.3) is 0 Å². The number of rotatable bonds is 4. The lowest BCUT2D eigenvalue weighted by molar-refractivity contribution is 0.0983. The fourth-order valence-electron chi connectivity index (χ4n) is 2.51. The molecule has 21 heavy (non-hydrogen) atoms. The van der Waals surface area contributed by atoms with Crippen LogP contribution in [-0.2, 0) is 4.74 Å². The van der Waals surface area contributed by atoms with E-state index in [9.17, 15) is 4.79 Å². The van der Waals surface area contributed by atoms with Crippen molar-refractivity contribution in [2.45, 2.75) is 25.8 Å². The summed E-state index contributed by atoms with van der Waals surface area (Å²) in [5.74, 6) is 0.935. The number of anilines is 2. The number of nitrogens with zero attached hydrogens (tertiary/aromatic N) is 3. The van der Waals surface area contributed by atoms with Gasteiger partial charge in [-0.1, -0.05) is 0 Å². The van der Waals surface area contributed by atoms with Gasteiger partial charge in [0.15, 0.2) is 5.82 Å². The summed E-state index contributed by atoms with van der Waals surface area (Å²) < 4.78 is 5.04. The maximum absolute atomic E-state index is 11.7. The normalized spacial score (nSPS) is 15.7. The third-order valence-corrected chi connectivity index (χ3v) is 3.59. The molecule has 1 aromatic heterocycles. The second-order valence-corrected chi connectivity index (χ2v) is 5.37. The summed E-state index contributed by atoms with van der Waals surface area (Å²) in [5, 5.41) is 3.54. The van der Waals surface area contributed by atoms with E-state index in [0.29, 0.717) is 12.6 Å². The van der Waals surface area contributed by atoms with E-state index in [0.717, 1.165) is 37.4 Å². The number of piperidine rings is 1. The molecule has 0 bridgehead atoms. The predicted octanol–water partition coefficient (Wildman–Crippen LogP) is 2.18. The van der Waals surface area contributed by atoms with E-state index in [1.54, 1.807) is 11.1 Å². The molecule has 116 valence electrons. The van der Waals surface area contributed by atoms with E-state index in [4.69, 9.17) is 4.74 Å². The zero-order valence-electron chi connectivity index (χ0n) is 13.0. The van der Waals surface area contributed by atoms with E-state index >= 15 is 0 Å². The average molecular weight is 292 g/mol. The first kappa shape index (κ1) is 15.4. The van der Waals surface area contributed by atoms with E-state index in [2.05, 4.69) is 10.3 Å². The van der Waals surface area contributed by atoms with Crippen LogP contribution in [0.3, 0.4) is 0 Å². The zero-order chi connectivity index (χ0) is 15.2. The minimum Gasteiger partial charge on any atom is -0.450 e. The molecule has 1 aliphatic rings. The second kappa shape index (κ2) is 7.15. The second-order valence-electron chi connectivity index (χ2n) is 5.37. The zero-order valence-corrected chi connectivity index (χ0v) is 13.0. The third-order valence-electron chi connectivity index (χ3n) is 3.59. The first-order valence-electron chi connectivity index (χ1n) is 7.42. The van der Waals surface area contributed by atoms with Crippen molar-refractivity contribution in [3.63, 3.8) is 0 Å². The number of pyridine rings is 1. The largest absolute Gasteiger partial charge is 0.450 e. The molecule has 2 heterocycles. The number of likely N-dealkylation sites (tertiary alicyclic amines) is 1. The fraction of sp³-hybridized carbons (Fsp3) is 0.600. The highest BCUT2D eigenvalue weighted by Crippen LogP contribution is 2.24. The molecule has 1 N–H and O–H groups in total. The van der Waals surface area contributed by atoms with Crippen LogP contribution in [0.25, 0.3) is 0 Å². The fourth-order valence-corrected chi connectivity index (χ4v) is 2.51. The molecule has 0 saturated carbocycles. The first-order chi connectivity index (χ1) is 10.1. The summed E-state index contributed by atoms with van der Waals surface area (Å²) in [4.78, 5) is 19.8. The van der Waals surface area contributed by atoms with Crippen molar-refractivity contribution in [3.05, 3.63) is 18.3 Å². The van der Waals surface area contributed by atoms with Gasteiger partial charge in [-0.05, 0) is 31.9 Å². The van der Waals surface area contributed by atoms with Crippen molar-refractivity contribution >= 4 is 17.6 Å². The molecule has 0 radical (unpaired) electrons. The molecular weight excluding hydrogens is 268 g/mol. The Bertz CT molecular complexity index is 470. The summed E-state index contributed by atoms with van der Waals surface area (Å²) in [6, 6.07) is 4.34. The van der Waals surface area contributed by atoms with Crippen LogP contribution >= 0.6 is 0 Å². The maximum atomic E-state index is 11.7. The molecule has 6 heteroatoms. The van der Waals surface area contributed by atoms with Crippen molar-refractivity contribution in [2.75, 3.05) is 44.0 Å².